The number of benzene rings is 2. The van der Waals surface area contributed by atoms with Crippen LogP contribution in [0.3, 0.4) is 0 Å². The Morgan fingerprint density at radius 1 is 1.29 bits per heavy atom. The molecule has 0 saturated heterocycles. The zero-order valence-electron chi connectivity index (χ0n) is 15.6. The van der Waals surface area contributed by atoms with Crippen molar-refractivity contribution < 1.29 is 14.3 Å². The van der Waals surface area contributed by atoms with Crippen molar-refractivity contribution in [3.8, 4) is 29.9 Å². The average molecular weight is 395 g/mol. The molecule has 2 aromatic rings. The van der Waals surface area contributed by atoms with Gasteiger partial charge < -0.3 is 14.8 Å². The summed E-state index contributed by atoms with van der Waals surface area (Å²) < 4.78 is 11.0. The number of amides is 1. The van der Waals surface area contributed by atoms with Crippen molar-refractivity contribution in [2.45, 2.75) is 13.8 Å². The molecule has 0 aliphatic rings. The molecule has 2 aromatic carbocycles. The number of hydrogen-bond donors (Lipinski definition) is 1. The van der Waals surface area contributed by atoms with E-state index in [1.165, 1.54) is 6.08 Å². The predicted molar refractivity (Wildman–Crippen MR) is 110 cm³/mol. The van der Waals surface area contributed by atoms with Crippen LogP contribution in [-0.2, 0) is 4.79 Å². The quantitative estimate of drug-likeness (QED) is 0.423. The molecular weight excluding hydrogens is 376 g/mol. The molecular formula is C22H19ClN2O3. The van der Waals surface area contributed by atoms with Gasteiger partial charge in [-0.05, 0) is 55.3 Å². The lowest BCUT2D eigenvalue weighted by Crippen LogP contribution is -2.14. The molecule has 6 heteroatoms. The SMILES string of the molecule is C#CCOc1ccc(/C=C(\C#N)C(=O)Nc2cccc(Cl)c2C)cc1OCC. The molecule has 28 heavy (non-hydrogen) atoms. The minimum Gasteiger partial charge on any atom is -0.490 e. The highest BCUT2D eigenvalue weighted by atomic mass is 35.5. The Morgan fingerprint density at radius 2 is 2.07 bits per heavy atom. The molecule has 2 rings (SSSR count). The lowest BCUT2D eigenvalue weighted by atomic mass is 10.1. The van der Waals surface area contributed by atoms with Crippen LogP contribution >= 0.6 is 11.6 Å². The first kappa shape index (κ1) is 20.9. The number of rotatable bonds is 7. The molecule has 0 aliphatic carbocycles. The highest BCUT2D eigenvalue weighted by Crippen LogP contribution is 2.29. The fraction of sp³-hybridized carbons (Fsp3) is 0.182. The van der Waals surface area contributed by atoms with E-state index in [1.807, 2.05) is 13.0 Å². The van der Waals surface area contributed by atoms with Crippen molar-refractivity contribution >= 4 is 29.3 Å². The molecule has 0 aromatic heterocycles. The van der Waals surface area contributed by atoms with Gasteiger partial charge in [0.05, 0.1) is 6.61 Å². The molecule has 0 atom stereocenters. The van der Waals surface area contributed by atoms with Crippen LogP contribution < -0.4 is 14.8 Å². The Labute approximate surface area is 169 Å². The van der Waals surface area contributed by atoms with Gasteiger partial charge in [0.25, 0.3) is 5.91 Å². The smallest absolute Gasteiger partial charge is 0.266 e. The summed E-state index contributed by atoms with van der Waals surface area (Å²) in [6.07, 6.45) is 6.69. The minimum absolute atomic E-state index is 0.0564. The summed E-state index contributed by atoms with van der Waals surface area (Å²) in [5.41, 5.74) is 1.83. The molecule has 0 heterocycles. The number of carbonyl (C=O) groups excluding carboxylic acids is 1. The first-order valence-electron chi connectivity index (χ1n) is 8.51. The number of nitrogens with zero attached hydrogens (tertiary/aromatic N) is 1. The standard InChI is InChI=1S/C22H19ClN2O3/c1-4-11-28-20-10-9-16(13-21(20)27-5-2)12-17(14-24)22(26)25-19-8-6-7-18(23)15(19)3/h1,6-10,12-13H,5,11H2,2-3H3,(H,25,26)/b17-12+. The number of anilines is 1. The van der Waals surface area contributed by atoms with Crippen LogP contribution in [0.15, 0.2) is 42.0 Å². The molecule has 1 N–H and O–H groups in total. The van der Waals surface area contributed by atoms with Crippen molar-refractivity contribution in [2.75, 3.05) is 18.5 Å². The number of halogens is 1. The lowest BCUT2D eigenvalue weighted by molar-refractivity contribution is -0.112. The van der Waals surface area contributed by atoms with Gasteiger partial charge in [-0.3, -0.25) is 4.79 Å². The van der Waals surface area contributed by atoms with Crippen molar-refractivity contribution in [3.05, 3.63) is 58.1 Å². The van der Waals surface area contributed by atoms with Gasteiger partial charge in [0.2, 0.25) is 0 Å². The fourth-order valence-electron chi connectivity index (χ4n) is 2.37. The third-order valence-electron chi connectivity index (χ3n) is 3.77. The van der Waals surface area contributed by atoms with Crippen LogP contribution in [0.4, 0.5) is 5.69 Å². The van der Waals surface area contributed by atoms with Gasteiger partial charge in [-0.2, -0.15) is 5.26 Å². The zero-order valence-corrected chi connectivity index (χ0v) is 16.3. The second-order valence-corrected chi connectivity index (χ2v) is 6.08. The summed E-state index contributed by atoms with van der Waals surface area (Å²) in [6, 6.07) is 12.2. The maximum absolute atomic E-state index is 12.5. The van der Waals surface area contributed by atoms with Crippen LogP contribution in [-0.4, -0.2) is 19.1 Å². The number of nitriles is 1. The molecule has 5 nitrogen and oxygen atoms in total. The maximum atomic E-state index is 12.5. The van der Waals surface area contributed by atoms with E-state index in [4.69, 9.17) is 27.5 Å². The van der Waals surface area contributed by atoms with Gasteiger partial charge in [-0.1, -0.05) is 29.7 Å². The Morgan fingerprint density at radius 3 is 2.75 bits per heavy atom. The topological polar surface area (TPSA) is 71.3 Å². The molecule has 1 amide bonds. The maximum Gasteiger partial charge on any atom is 0.266 e. The number of carbonyl (C=O) groups is 1. The summed E-state index contributed by atoms with van der Waals surface area (Å²) >= 11 is 6.07. The van der Waals surface area contributed by atoms with Gasteiger partial charge in [0, 0.05) is 10.7 Å². The Hall–Kier alpha value is -3.41. The Kier molecular flexibility index (Phi) is 7.51. The van der Waals surface area contributed by atoms with E-state index in [1.54, 1.807) is 43.3 Å². The third-order valence-corrected chi connectivity index (χ3v) is 4.18. The van der Waals surface area contributed by atoms with Crippen LogP contribution in [0, 0.1) is 30.6 Å². The number of nitrogens with one attached hydrogen (secondary N) is 1. The zero-order chi connectivity index (χ0) is 20.5. The van der Waals surface area contributed by atoms with E-state index in [9.17, 15) is 10.1 Å². The molecule has 0 spiro atoms. The number of hydrogen-bond acceptors (Lipinski definition) is 4. The molecule has 0 aliphatic heterocycles. The number of ether oxygens (including phenoxy) is 2. The summed E-state index contributed by atoms with van der Waals surface area (Å²) in [6.45, 7) is 4.17. The monoisotopic (exact) mass is 394 g/mol. The van der Waals surface area contributed by atoms with Gasteiger partial charge >= 0.3 is 0 Å². The molecule has 0 unspecified atom stereocenters. The highest BCUT2D eigenvalue weighted by Gasteiger charge is 2.13. The van der Waals surface area contributed by atoms with E-state index in [-0.39, 0.29) is 12.2 Å². The molecule has 0 radical (unpaired) electrons. The second kappa shape index (κ2) is 10.1. The van der Waals surface area contributed by atoms with Crippen LogP contribution in [0.2, 0.25) is 5.02 Å². The van der Waals surface area contributed by atoms with E-state index in [0.717, 1.165) is 5.56 Å². The summed E-state index contributed by atoms with van der Waals surface area (Å²) in [4.78, 5) is 12.5. The molecule has 142 valence electrons. The normalized spacial score (nSPS) is 10.5. The van der Waals surface area contributed by atoms with Gasteiger partial charge in [-0.25, -0.2) is 0 Å². The van der Waals surface area contributed by atoms with E-state index >= 15 is 0 Å². The van der Waals surface area contributed by atoms with E-state index in [0.29, 0.717) is 34.4 Å². The molecule has 0 bridgehead atoms. The number of terminal acetylenes is 1. The first-order valence-corrected chi connectivity index (χ1v) is 8.89. The van der Waals surface area contributed by atoms with Crippen molar-refractivity contribution in [2.24, 2.45) is 0 Å². The van der Waals surface area contributed by atoms with Gasteiger partial charge in [0.15, 0.2) is 11.5 Å². The fourth-order valence-corrected chi connectivity index (χ4v) is 2.54. The second-order valence-electron chi connectivity index (χ2n) is 5.67. The lowest BCUT2D eigenvalue weighted by Gasteiger charge is -2.11. The minimum atomic E-state index is -0.529. The van der Waals surface area contributed by atoms with Crippen LogP contribution in [0.5, 0.6) is 11.5 Å². The van der Waals surface area contributed by atoms with Crippen LogP contribution in [0.25, 0.3) is 6.08 Å². The van der Waals surface area contributed by atoms with Gasteiger partial charge in [0.1, 0.15) is 18.2 Å². The van der Waals surface area contributed by atoms with Crippen molar-refractivity contribution in [1.29, 1.82) is 5.26 Å². The summed E-state index contributed by atoms with van der Waals surface area (Å²) in [5, 5.41) is 12.7. The van der Waals surface area contributed by atoms with E-state index < -0.39 is 5.91 Å². The average Bonchev–Trinajstić information content (AvgIpc) is 2.69. The first-order chi connectivity index (χ1) is 13.5. The largest absolute Gasteiger partial charge is 0.490 e. The highest BCUT2D eigenvalue weighted by molar-refractivity contribution is 6.31. The molecule has 0 saturated carbocycles. The Bertz CT molecular complexity index is 984. The summed E-state index contributed by atoms with van der Waals surface area (Å²) in [5.74, 6) is 2.84. The van der Waals surface area contributed by atoms with Crippen molar-refractivity contribution in [1.82, 2.24) is 0 Å². The molecule has 0 fully saturated rings. The van der Waals surface area contributed by atoms with Gasteiger partial charge in [-0.15, -0.1) is 6.42 Å². The van der Waals surface area contributed by atoms with E-state index in [2.05, 4.69) is 11.2 Å². The van der Waals surface area contributed by atoms with Crippen molar-refractivity contribution in [3.63, 3.8) is 0 Å². The van der Waals surface area contributed by atoms with Crippen LogP contribution in [0.1, 0.15) is 18.1 Å². The Balaban J connectivity index is 2.29. The third kappa shape index (κ3) is 5.30. The summed E-state index contributed by atoms with van der Waals surface area (Å²) in [7, 11) is 0. The predicted octanol–water partition coefficient (Wildman–Crippen LogP) is 4.60.